The van der Waals surface area contributed by atoms with Crippen LogP contribution in [0.1, 0.15) is 50.7 Å². The Labute approximate surface area is 74.0 Å². The monoisotopic (exact) mass is 167 g/mol. The normalized spacial score (nSPS) is 13.2. The predicted octanol–water partition coefficient (Wildman–Crippen LogP) is 3.28. The van der Waals surface area contributed by atoms with Crippen molar-refractivity contribution in [3.63, 3.8) is 0 Å². The Morgan fingerprint density at radius 2 is 2.25 bits per heavy atom. The van der Waals surface area contributed by atoms with Crippen LogP contribution in [0.5, 0.6) is 0 Å². The van der Waals surface area contributed by atoms with Gasteiger partial charge in [-0.15, -0.1) is 0 Å². The molecular formula is C10H17NO. The van der Waals surface area contributed by atoms with Gasteiger partial charge >= 0.3 is 0 Å². The van der Waals surface area contributed by atoms with Crippen LogP contribution >= 0.6 is 0 Å². The largest absolute Gasteiger partial charge is 0.446 e. The summed E-state index contributed by atoms with van der Waals surface area (Å²) in [4.78, 5) is 4.24. The average Bonchev–Trinajstić information content (AvgIpc) is 2.47. The molecule has 0 amide bonds. The first-order valence-electron chi connectivity index (χ1n) is 4.70. The lowest BCUT2D eigenvalue weighted by Crippen LogP contribution is -1.96. The van der Waals surface area contributed by atoms with E-state index in [2.05, 4.69) is 18.8 Å². The quantitative estimate of drug-likeness (QED) is 0.687. The van der Waals surface area contributed by atoms with Crippen LogP contribution in [0.4, 0.5) is 0 Å². The maximum Gasteiger partial charge on any atom is 0.197 e. The van der Waals surface area contributed by atoms with Gasteiger partial charge in [0.25, 0.3) is 0 Å². The van der Waals surface area contributed by atoms with E-state index in [9.17, 15) is 0 Å². The Morgan fingerprint density at radius 1 is 1.50 bits per heavy atom. The highest BCUT2D eigenvalue weighted by Crippen LogP contribution is 2.23. The molecule has 0 N–H and O–H groups in total. The first-order chi connectivity index (χ1) is 5.77. The van der Waals surface area contributed by atoms with E-state index in [0.29, 0.717) is 5.92 Å². The SMILES string of the molecule is CCCC(CC)c1ncc(C)o1. The predicted molar refractivity (Wildman–Crippen MR) is 49.2 cm³/mol. The molecule has 0 aliphatic rings. The Kier molecular flexibility index (Phi) is 3.32. The lowest BCUT2D eigenvalue weighted by atomic mass is 10.0. The smallest absolute Gasteiger partial charge is 0.197 e. The Balaban J connectivity index is 2.66. The second-order valence-electron chi connectivity index (χ2n) is 3.20. The molecule has 1 rings (SSSR count). The summed E-state index contributed by atoms with van der Waals surface area (Å²) in [7, 11) is 0. The van der Waals surface area contributed by atoms with Crippen molar-refractivity contribution >= 4 is 0 Å². The molecule has 1 heterocycles. The van der Waals surface area contributed by atoms with E-state index in [4.69, 9.17) is 4.42 Å². The van der Waals surface area contributed by atoms with Crippen molar-refractivity contribution in [1.82, 2.24) is 4.98 Å². The summed E-state index contributed by atoms with van der Waals surface area (Å²) >= 11 is 0. The number of aryl methyl sites for hydroxylation is 1. The second kappa shape index (κ2) is 4.29. The van der Waals surface area contributed by atoms with Crippen molar-refractivity contribution in [1.29, 1.82) is 0 Å². The van der Waals surface area contributed by atoms with Crippen LogP contribution in [-0.4, -0.2) is 4.98 Å². The van der Waals surface area contributed by atoms with E-state index in [1.165, 1.54) is 12.8 Å². The molecule has 1 aromatic heterocycles. The molecule has 0 bridgehead atoms. The highest BCUT2D eigenvalue weighted by molar-refractivity contribution is 4.96. The molecule has 0 spiro atoms. The zero-order chi connectivity index (χ0) is 8.97. The van der Waals surface area contributed by atoms with E-state index in [-0.39, 0.29) is 0 Å². The number of aromatic nitrogens is 1. The van der Waals surface area contributed by atoms with Gasteiger partial charge in [-0.2, -0.15) is 0 Å². The highest BCUT2D eigenvalue weighted by Gasteiger charge is 2.12. The summed E-state index contributed by atoms with van der Waals surface area (Å²) in [5, 5.41) is 0. The molecule has 0 aliphatic carbocycles. The fourth-order valence-electron chi connectivity index (χ4n) is 1.41. The van der Waals surface area contributed by atoms with Gasteiger partial charge in [0.15, 0.2) is 5.89 Å². The number of hydrogen-bond donors (Lipinski definition) is 0. The molecule has 1 aromatic rings. The van der Waals surface area contributed by atoms with Gasteiger partial charge in [0.05, 0.1) is 6.20 Å². The van der Waals surface area contributed by atoms with Crippen LogP contribution in [0.15, 0.2) is 10.6 Å². The maximum atomic E-state index is 5.48. The van der Waals surface area contributed by atoms with Gasteiger partial charge in [-0.1, -0.05) is 20.3 Å². The fraction of sp³-hybridized carbons (Fsp3) is 0.700. The minimum atomic E-state index is 0.517. The van der Waals surface area contributed by atoms with Crippen molar-refractivity contribution in [2.45, 2.75) is 46.0 Å². The van der Waals surface area contributed by atoms with Gasteiger partial charge in [-0.05, 0) is 19.8 Å². The van der Waals surface area contributed by atoms with E-state index in [0.717, 1.165) is 18.1 Å². The van der Waals surface area contributed by atoms with E-state index in [1.807, 2.05) is 6.92 Å². The van der Waals surface area contributed by atoms with Gasteiger partial charge in [-0.3, -0.25) is 0 Å². The van der Waals surface area contributed by atoms with Gasteiger partial charge < -0.3 is 4.42 Å². The Morgan fingerprint density at radius 3 is 2.67 bits per heavy atom. The van der Waals surface area contributed by atoms with Crippen molar-refractivity contribution in [2.24, 2.45) is 0 Å². The maximum absolute atomic E-state index is 5.48. The summed E-state index contributed by atoms with van der Waals surface area (Å²) in [5.74, 6) is 2.35. The van der Waals surface area contributed by atoms with Crippen LogP contribution in [0.3, 0.4) is 0 Å². The van der Waals surface area contributed by atoms with Crippen LogP contribution < -0.4 is 0 Å². The molecule has 2 nitrogen and oxygen atoms in total. The molecule has 0 saturated heterocycles. The molecule has 0 saturated carbocycles. The van der Waals surface area contributed by atoms with Gasteiger partial charge in [0.1, 0.15) is 5.76 Å². The fourth-order valence-corrected chi connectivity index (χ4v) is 1.41. The first kappa shape index (κ1) is 9.30. The number of hydrogen-bond acceptors (Lipinski definition) is 2. The van der Waals surface area contributed by atoms with Crippen LogP contribution in [0.2, 0.25) is 0 Å². The number of oxazole rings is 1. The molecule has 12 heavy (non-hydrogen) atoms. The summed E-state index contributed by atoms with van der Waals surface area (Å²) in [6.07, 6.45) is 5.29. The lowest BCUT2D eigenvalue weighted by molar-refractivity contribution is 0.407. The third kappa shape index (κ3) is 2.10. The summed E-state index contributed by atoms with van der Waals surface area (Å²) in [6.45, 7) is 6.31. The molecule has 0 aromatic carbocycles. The van der Waals surface area contributed by atoms with Gasteiger partial charge in [-0.25, -0.2) is 4.98 Å². The molecule has 1 unspecified atom stereocenters. The van der Waals surface area contributed by atoms with Gasteiger partial charge in [0, 0.05) is 5.92 Å². The standard InChI is InChI=1S/C10H17NO/c1-4-6-9(5-2)10-11-7-8(3)12-10/h7,9H,4-6H2,1-3H3. The molecule has 0 radical (unpaired) electrons. The lowest BCUT2D eigenvalue weighted by Gasteiger charge is -2.07. The minimum Gasteiger partial charge on any atom is -0.446 e. The van der Waals surface area contributed by atoms with Crippen LogP contribution in [-0.2, 0) is 0 Å². The minimum absolute atomic E-state index is 0.517. The van der Waals surface area contributed by atoms with Gasteiger partial charge in [0.2, 0.25) is 0 Å². The molecule has 2 heteroatoms. The molecular weight excluding hydrogens is 150 g/mol. The van der Waals surface area contributed by atoms with Crippen molar-refractivity contribution in [3.8, 4) is 0 Å². The third-order valence-electron chi connectivity index (χ3n) is 2.12. The molecule has 68 valence electrons. The molecule has 0 fully saturated rings. The summed E-state index contributed by atoms with van der Waals surface area (Å²) < 4.78 is 5.48. The van der Waals surface area contributed by atoms with Crippen molar-refractivity contribution in [2.75, 3.05) is 0 Å². The van der Waals surface area contributed by atoms with Crippen molar-refractivity contribution in [3.05, 3.63) is 17.8 Å². The Hall–Kier alpha value is -0.790. The van der Waals surface area contributed by atoms with E-state index < -0.39 is 0 Å². The summed E-state index contributed by atoms with van der Waals surface area (Å²) in [5.41, 5.74) is 0. The highest BCUT2D eigenvalue weighted by atomic mass is 16.4. The molecule has 1 atom stereocenters. The Bertz CT molecular complexity index is 229. The first-order valence-corrected chi connectivity index (χ1v) is 4.70. The number of rotatable bonds is 4. The second-order valence-corrected chi connectivity index (χ2v) is 3.20. The van der Waals surface area contributed by atoms with Crippen LogP contribution in [0.25, 0.3) is 0 Å². The molecule has 0 aliphatic heterocycles. The average molecular weight is 167 g/mol. The zero-order valence-electron chi connectivity index (χ0n) is 8.13. The summed E-state index contributed by atoms with van der Waals surface area (Å²) in [6, 6.07) is 0. The topological polar surface area (TPSA) is 26.0 Å². The number of nitrogens with zero attached hydrogens (tertiary/aromatic N) is 1. The van der Waals surface area contributed by atoms with Crippen molar-refractivity contribution < 1.29 is 4.42 Å². The van der Waals surface area contributed by atoms with E-state index in [1.54, 1.807) is 6.20 Å². The third-order valence-corrected chi connectivity index (χ3v) is 2.12. The zero-order valence-corrected chi connectivity index (χ0v) is 8.13. The van der Waals surface area contributed by atoms with Crippen LogP contribution in [0, 0.1) is 6.92 Å². The van der Waals surface area contributed by atoms with E-state index >= 15 is 0 Å².